The van der Waals surface area contributed by atoms with Crippen LogP contribution in [0.4, 0.5) is 0 Å². The summed E-state index contributed by atoms with van der Waals surface area (Å²) in [6, 6.07) is 8.56. The molecule has 17 heavy (non-hydrogen) atoms. The molecule has 0 saturated carbocycles. The van der Waals surface area contributed by atoms with Gasteiger partial charge < -0.3 is 14.8 Å². The molecule has 94 valence electrons. The fraction of sp³-hybridized carbons (Fsp3) is 0.571. The van der Waals surface area contributed by atoms with Crippen molar-refractivity contribution in [2.24, 2.45) is 0 Å². The van der Waals surface area contributed by atoms with Gasteiger partial charge in [0.05, 0.1) is 13.2 Å². The molecule has 1 aliphatic rings. The second-order valence-electron chi connectivity index (χ2n) is 4.54. The van der Waals surface area contributed by atoms with Gasteiger partial charge >= 0.3 is 0 Å². The zero-order valence-corrected chi connectivity index (χ0v) is 10.6. The molecule has 1 aliphatic heterocycles. The molecule has 0 spiro atoms. The third-order valence-electron chi connectivity index (χ3n) is 3.29. The van der Waals surface area contributed by atoms with Gasteiger partial charge in [-0.25, -0.2) is 0 Å². The van der Waals surface area contributed by atoms with E-state index in [1.54, 1.807) is 7.11 Å². The van der Waals surface area contributed by atoms with Crippen molar-refractivity contribution >= 4 is 0 Å². The van der Waals surface area contributed by atoms with Crippen LogP contribution < -0.4 is 10.1 Å². The molecular weight excluding hydrogens is 214 g/mol. The molecule has 1 unspecified atom stereocenters. The zero-order valence-electron chi connectivity index (χ0n) is 10.6. The first-order valence-corrected chi connectivity index (χ1v) is 6.28. The largest absolute Gasteiger partial charge is 0.497 e. The molecule has 1 aromatic carbocycles. The molecule has 0 bridgehead atoms. The fourth-order valence-electron chi connectivity index (χ4n) is 2.12. The van der Waals surface area contributed by atoms with Crippen LogP contribution in [0.2, 0.25) is 0 Å². The summed E-state index contributed by atoms with van der Waals surface area (Å²) >= 11 is 0. The van der Waals surface area contributed by atoms with Crippen molar-refractivity contribution in [2.45, 2.75) is 31.9 Å². The molecule has 1 N–H and O–H groups in total. The van der Waals surface area contributed by atoms with Gasteiger partial charge in [0, 0.05) is 19.2 Å². The summed E-state index contributed by atoms with van der Waals surface area (Å²) in [5.74, 6) is 0.903. The Morgan fingerprint density at radius 3 is 2.76 bits per heavy atom. The standard InChI is InChI=1S/C14H21NO2/c1-11(15-10-14-4-3-9-17-14)12-5-7-13(16-2)8-6-12/h5-8,11,14-15H,3-4,9-10H2,1-2H3/t11-,14?/m1/s1. The molecule has 0 aliphatic carbocycles. The quantitative estimate of drug-likeness (QED) is 0.850. The average Bonchev–Trinajstić information content (AvgIpc) is 2.89. The lowest BCUT2D eigenvalue weighted by molar-refractivity contribution is 0.108. The molecule has 1 aromatic rings. The summed E-state index contributed by atoms with van der Waals surface area (Å²) in [5, 5.41) is 3.51. The topological polar surface area (TPSA) is 30.5 Å². The van der Waals surface area contributed by atoms with Crippen molar-refractivity contribution in [3.63, 3.8) is 0 Å². The van der Waals surface area contributed by atoms with E-state index in [1.165, 1.54) is 18.4 Å². The van der Waals surface area contributed by atoms with Crippen molar-refractivity contribution in [3.8, 4) is 5.75 Å². The molecular formula is C14H21NO2. The van der Waals surface area contributed by atoms with Crippen LogP contribution in [0, 0.1) is 0 Å². The van der Waals surface area contributed by atoms with Crippen LogP contribution >= 0.6 is 0 Å². The first-order chi connectivity index (χ1) is 8.29. The van der Waals surface area contributed by atoms with E-state index >= 15 is 0 Å². The SMILES string of the molecule is COc1ccc([C@@H](C)NCC2CCCO2)cc1. The third-order valence-corrected chi connectivity index (χ3v) is 3.29. The number of nitrogens with one attached hydrogen (secondary N) is 1. The highest BCUT2D eigenvalue weighted by Crippen LogP contribution is 2.18. The van der Waals surface area contributed by atoms with Gasteiger partial charge in [0.25, 0.3) is 0 Å². The Labute approximate surface area is 103 Å². The van der Waals surface area contributed by atoms with Crippen LogP contribution in [-0.2, 0) is 4.74 Å². The first kappa shape index (κ1) is 12.4. The van der Waals surface area contributed by atoms with Crippen molar-refractivity contribution in [1.29, 1.82) is 0 Å². The van der Waals surface area contributed by atoms with Gasteiger partial charge in [-0.15, -0.1) is 0 Å². The Bertz CT molecular complexity index is 331. The van der Waals surface area contributed by atoms with Gasteiger partial charge in [-0.2, -0.15) is 0 Å². The maximum atomic E-state index is 5.59. The number of rotatable bonds is 5. The maximum absolute atomic E-state index is 5.59. The molecule has 1 heterocycles. The highest BCUT2D eigenvalue weighted by atomic mass is 16.5. The van der Waals surface area contributed by atoms with Crippen LogP contribution in [0.3, 0.4) is 0 Å². The van der Waals surface area contributed by atoms with Crippen molar-refractivity contribution in [3.05, 3.63) is 29.8 Å². The van der Waals surface area contributed by atoms with Crippen LogP contribution in [-0.4, -0.2) is 26.4 Å². The summed E-state index contributed by atoms with van der Waals surface area (Å²) in [5.41, 5.74) is 1.28. The van der Waals surface area contributed by atoms with Gasteiger partial charge in [0.2, 0.25) is 0 Å². The minimum absolute atomic E-state index is 0.352. The highest BCUT2D eigenvalue weighted by Gasteiger charge is 2.16. The average molecular weight is 235 g/mol. The molecule has 2 atom stereocenters. The lowest BCUT2D eigenvalue weighted by Crippen LogP contribution is -2.28. The van der Waals surface area contributed by atoms with E-state index < -0.39 is 0 Å². The summed E-state index contributed by atoms with van der Waals surface area (Å²) in [7, 11) is 1.69. The van der Waals surface area contributed by atoms with E-state index in [1.807, 2.05) is 12.1 Å². The summed E-state index contributed by atoms with van der Waals surface area (Å²) in [4.78, 5) is 0. The number of ether oxygens (including phenoxy) is 2. The molecule has 3 nitrogen and oxygen atoms in total. The van der Waals surface area contributed by atoms with Gasteiger partial charge in [-0.05, 0) is 37.5 Å². The van der Waals surface area contributed by atoms with E-state index in [4.69, 9.17) is 9.47 Å². The Kier molecular flexibility index (Phi) is 4.40. The maximum Gasteiger partial charge on any atom is 0.118 e. The predicted molar refractivity (Wildman–Crippen MR) is 68.4 cm³/mol. The minimum atomic E-state index is 0.352. The molecule has 1 saturated heterocycles. The van der Waals surface area contributed by atoms with Crippen LogP contribution in [0.5, 0.6) is 5.75 Å². The fourth-order valence-corrected chi connectivity index (χ4v) is 2.12. The van der Waals surface area contributed by atoms with Crippen molar-refractivity contribution < 1.29 is 9.47 Å². The molecule has 2 rings (SSSR count). The third kappa shape index (κ3) is 3.45. The summed E-state index contributed by atoms with van der Waals surface area (Å²) in [6.45, 7) is 4.03. The van der Waals surface area contributed by atoms with E-state index in [0.717, 1.165) is 18.9 Å². The lowest BCUT2D eigenvalue weighted by Gasteiger charge is -2.17. The predicted octanol–water partition coefficient (Wildman–Crippen LogP) is 2.52. The van der Waals surface area contributed by atoms with Gasteiger partial charge in [-0.1, -0.05) is 12.1 Å². The van der Waals surface area contributed by atoms with E-state index in [0.29, 0.717) is 12.1 Å². The van der Waals surface area contributed by atoms with Gasteiger partial charge in [0.1, 0.15) is 5.75 Å². The van der Waals surface area contributed by atoms with Crippen LogP contribution in [0.1, 0.15) is 31.4 Å². The van der Waals surface area contributed by atoms with Crippen LogP contribution in [0.15, 0.2) is 24.3 Å². The number of methoxy groups -OCH3 is 1. The van der Waals surface area contributed by atoms with E-state index in [9.17, 15) is 0 Å². The molecule has 0 aromatic heterocycles. The number of benzene rings is 1. The van der Waals surface area contributed by atoms with Crippen LogP contribution in [0.25, 0.3) is 0 Å². The smallest absolute Gasteiger partial charge is 0.118 e. The van der Waals surface area contributed by atoms with Crippen molar-refractivity contribution in [1.82, 2.24) is 5.32 Å². The Balaban J connectivity index is 1.83. The monoisotopic (exact) mass is 235 g/mol. The summed E-state index contributed by atoms with van der Waals surface area (Å²) < 4.78 is 10.7. The number of hydrogen-bond donors (Lipinski definition) is 1. The Hall–Kier alpha value is -1.06. The molecule has 0 radical (unpaired) electrons. The van der Waals surface area contributed by atoms with E-state index in [2.05, 4.69) is 24.4 Å². The van der Waals surface area contributed by atoms with Crippen molar-refractivity contribution in [2.75, 3.05) is 20.3 Å². The lowest BCUT2D eigenvalue weighted by atomic mass is 10.1. The summed E-state index contributed by atoms with van der Waals surface area (Å²) in [6.07, 6.45) is 2.78. The van der Waals surface area contributed by atoms with E-state index in [-0.39, 0.29) is 0 Å². The second kappa shape index (κ2) is 6.03. The highest BCUT2D eigenvalue weighted by molar-refractivity contribution is 5.28. The van der Waals surface area contributed by atoms with Gasteiger partial charge in [0.15, 0.2) is 0 Å². The van der Waals surface area contributed by atoms with Gasteiger partial charge in [-0.3, -0.25) is 0 Å². The first-order valence-electron chi connectivity index (χ1n) is 6.28. The molecule has 0 amide bonds. The minimum Gasteiger partial charge on any atom is -0.497 e. The Morgan fingerprint density at radius 2 is 2.18 bits per heavy atom. The zero-order chi connectivity index (χ0) is 12.1. The normalized spacial score (nSPS) is 21.4. The Morgan fingerprint density at radius 1 is 1.41 bits per heavy atom. The second-order valence-corrected chi connectivity index (χ2v) is 4.54. The number of hydrogen-bond acceptors (Lipinski definition) is 3. The molecule has 1 fully saturated rings. The molecule has 3 heteroatoms.